The van der Waals surface area contributed by atoms with Gasteiger partial charge in [-0.2, -0.15) is 0 Å². The van der Waals surface area contributed by atoms with Crippen molar-refractivity contribution < 1.29 is 4.79 Å². The Bertz CT molecular complexity index is 371. The highest BCUT2D eigenvalue weighted by atomic mass is 16.2. The lowest BCUT2D eigenvalue weighted by Crippen LogP contribution is -2.22. The standard InChI is InChI=1S/C11H13NO.2C2H6/c1-7-4-5-9-8(2)11(13)12(3)10(9)6-7;2*1-2/h4-6,8H,1-3H3;2*1-2H3/t8-;;/m1../s1. The molecule has 1 aromatic rings. The molecule has 1 atom stereocenters. The van der Waals surface area contributed by atoms with E-state index in [2.05, 4.69) is 18.2 Å². The molecule has 0 spiro atoms. The van der Waals surface area contributed by atoms with Gasteiger partial charge in [0.2, 0.25) is 5.91 Å². The monoisotopic (exact) mass is 235 g/mol. The summed E-state index contributed by atoms with van der Waals surface area (Å²) in [6, 6.07) is 6.18. The number of hydrogen-bond acceptors (Lipinski definition) is 1. The largest absolute Gasteiger partial charge is 0.315 e. The lowest BCUT2D eigenvalue weighted by molar-refractivity contribution is -0.118. The maximum Gasteiger partial charge on any atom is 0.234 e. The van der Waals surface area contributed by atoms with E-state index in [0.29, 0.717) is 0 Å². The van der Waals surface area contributed by atoms with Crippen LogP contribution in [0, 0.1) is 6.92 Å². The van der Waals surface area contributed by atoms with Crippen LogP contribution >= 0.6 is 0 Å². The number of nitrogens with zero attached hydrogens (tertiary/aromatic N) is 1. The number of anilines is 1. The molecular weight excluding hydrogens is 210 g/mol. The van der Waals surface area contributed by atoms with Gasteiger partial charge in [-0.25, -0.2) is 0 Å². The average molecular weight is 235 g/mol. The lowest BCUT2D eigenvalue weighted by atomic mass is 10.0. The van der Waals surface area contributed by atoms with E-state index in [-0.39, 0.29) is 11.8 Å². The van der Waals surface area contributed by atoms with Crippen LogP contribution in [-0.2, 0) is 4.79 Å². The summed E-state index contributed by atoms with van der Waals surface area (Å²) in [4.78, 5) is 13.3. The molecule has 0 saturated heterocycles. The van der Waals surface area contributed by atoms with Gasteiger partial charge in [-0.15, -0.1) is 0 Å². The molecular formula is C15H25NO. The van der Waals surface area contributed by atoms with E-state index in [9.17, 15) is 4.79 Å². The smallest absolute Gasteiger partial charge is 0.234 e. The Kier molecular flexibility index (Phi) is 6.55. The molecule has 1 heterocycles. The summed E-state index contributed by atoms with van der Waals surface area (Å²) in [6.07, 6.45) is 0. The van der Waals surface area contributed by atoms with Gasteiger partial charge in [0.05, 0.1) is 5.92 Å². The van der Waals surface area contributed by atoms with E-state index in [1.807, 2.05) is 48.6 Å². The molecule has 17 heavy (non-hydrogen) atoms. The number of amides is 1. The summed E-state index contributed by atoms with van der Waals surface area (Å²) in [5, 5.41) is 0. The number of rotatable bonds is 0. The van der Waals surface area contributed by atoms with Crippen molar-refractivity contribution in [1.82, 2.24) is 0 Å². The number of carbonyl (C=O) groups excluding carboxylic acids is 1. The number of benzene rings is 1. The van der Waals surface area contributed by atoms with Gasteiger partial charge < -0.3 is 4.90 Å². The Labute approximate surface area is 106 Å². The minimum absolute atomic E-state index is 0.0283. The number of fused-ring (bicyclic) bond motifs is 1. The van der Waals surface area contributed by atoms with E-state index in [1.165, 1.54) is 5.56 Å². The molecule has 2 rings (SSSR count). The van der Waals surface area contributed by atoms with Crippen LogP contribution < -0.4 is 4.90 Å². The summed E-state index contributed by atoms with van der Waals surface area (Å²) in [5.74, 6) is 0.223. The lowest BCUT2D eigenvalue weighted by Gasteiger charge is -2.09. The number of likely N-dealkylation sites (N-methyl/N-ethyl adjacent to an activating group) is 1. The van der Waals surface area contributed by atoms with Gasteiger partial charge in [-0.3, -0.25) is 4.79 Å². The van der Waals surface area contributed by atoms with Crippen molar-refractivity contribution in [3.05, 3.63) is 29.3 Å². The van der Waals surface area contributed by atoms with Crippen LogP contribution in [0.3, 0.4) is 0 Å². The van der Waals surface area contributed by atoms with Crippen molar-refractivity contribution in [2.24, 2.45) is 0 Å². The normalized spacial score (nSPS) is 16.5. The summed E-state index contributed by atoms with van der Waals surface area (Å²) in [7, 11) is 1.84. The molecule has 1 amide bonds. The van der Waals surface area contributed by atoms with Gasteiger partial charge in [0.25, 0.3) is 0 Å². The third-order valence-electron chi connectivity index (χ3n) is 2.71. The molecule has 2 nitrogen and oxygen atoms in total. The Balaban J connectivity index is 0.000000581. The molecule has 0 aromatic heterocycles. The second kappa shape index (κ2) is 7.10. The van der Waals surface area contributed by atoms with Gasteiger partial charge in [0.15, 0.2) is 0 Å². The topological polar surface area (TPSA) is 20.3 Å². The van der Waals surface area contributed by atoms with Crippen molar-refractivity contribution >= 4 is 11.6 Å². The molecule has 0 radical (unpaired) electrons. The minimum atomic E-state index is 0.0283. The van der Waals surface area contributed by atoms with Gasteiger partial charge in [0, 0.05) is 12.7 Å². The predicted molar refractivity (Wildman–Crippen MR) is 75.7 cm³/mol. The maximum atomic E-state index is 11.6. The third kappa shape index (κ3) is 3.09. The molecule has 0 fully saturated rings. The second-order valence-electron chi connectivity index (χ2n) is 3.68. The van der Waals surface area contributed by atoms with Crippen LogP contribution in [0.25, 0.3) is 0 Å². The first-order chi connectivity index (χ1) is 8.11. The Morgan fingerprint density at radius 3 is 2.18 bits per heavy atom. The zero-order valence-electron chi connectivity index (χ0n) is 12.2. The van der Waals surface area contributed by atoms with Crippen LogP contribution in [-0.4, -0.2) is 13.0 Å². The molecule has 0 bridgehead atoms. The fourth-order valence-electron chi connectivity index (χ4n) is 1.85. The quantitative estimate of drug-likeness (QED) is 0.662. The van der Waals surface area contributed by atoms with Gasteiger partial charge in [0.1, 0.15) is 0 Å². The van der Waals surface area contributed by atoms with E-state index < -0.39 is 0 Å². The highest BCUT2D eigenvalue weighted by Gasteiger charge is 2.31. The van der Waals surface area contributed by atoms with Crippen LogP contribution in [0.1, 0.15) is 51.7 Å². The average Bonchev–Trinajstić information content (AvgIpc) is 2.59. The van der Waals surface area contributed by atoms with Crippen molar-refractivity contribution in [1.29, 1.82) is 0 Å². The van der Waals surface area contributed by atoms with Crippen molar-refractivity contribution in [2.75, 3.05) is 11.9 Å². The van der Waals surface area contributed by atoms with E-state index >= 15 is 0 Å². The molecule has 96 valence electrons. The predicted octanol–water partition coefficient (Wildman–Crippen LogP) is 4.13. The van der Waals surface area contributed by atoms with Crippen molar-refractivity contribution in [3.8, 4) is 0 Å². The summed E-state index contributed by atoms with van der Waals surface area (Å²) < 4.78 is 0. The van der Waals surface area contributed by atoms with Crippen LogP contribution in [0.2, 0.25) is 0 Å². The first-order valence-corrected chi connectivity index (χ1v) is 6.49. The SMILES string of the molecule is CC.CC.Cc1ccc2c(c1)N(C)C(=O)[C@@H]2C. The highest BCUT2D eigenvalue weighted by Crippen LogP contribution is 2.36. The molecule has 1 aliphatic heterocycles. The molecule has 1 aromatic carbocycles. The van der Waals surface area contributed by atoms with E-state index in [4.69, 9.17) is 0 Å². The first kappa shape index (κ1) is 15.7. The fraction of sp³-hybridized carbons (Fsp3) is 0.533. The molecule has 1 aliphatic rings. The van der Waals surface area contributed by atoms with Crippen LogP contribution in [0.5, 0.6) is 0 Å². The van der Waals surface area contributed by atoms with E-state index in [1.54, 1.807) is 4.90 Å². The number of carbonyl (C=O) groups is 1. The molecule has 0 N–H and O–H groups in total. The molecule has 0 saturated carbocycles. The van der Waals surface area contributed by atoms with Crippen molar-refractivity contribution in [3.63, 3.8) is 0 Å². The third-order valence-corrected chi connectivity index (χ3v) is 2.71. The Morgan fingerprint density at radius 2 is 1.65 bits per heavy atom. The van der Waals surface area contributed by atoms with Gasteiger partial charge in [-0.05, 0) is 31.0 Å². The Hall–Kier alpha value is -1.31. The molecule has 0 aliphatic carbocycles. The van der Waals surface area contributed by atoms with Gasteiger partial charge >= 0.3 is 0 Å². The number of aryl methyl sites for hydroxylation is 1. The zero-order chi connectivity index (χ0) is 13.6. The minimum Gasteiger partial charge on any atom is -0.315 e. The van der Waals surface area contributed by atoms with Crippen LogP contribution in [0.4, 0.5) is 5.69 Å². The first-order valence-electron chi connectivity index (χ1n) is 6.49. The van der Waals surface area contributed by atoms with Gasteiger partial charge in [-0.1, -0.05) is 39.8 Å². The van der Waals surface area contributed by atoms with Crippen LogP contribution in [0.15, 0.2) is 18.2 Å². The fourth-order valence-corrected chi connectivity index (χ4v) is 1.85. The molecule has 2 heteroatoms. The Morgan fingerprint density at radius 1 is 1.12 bits per heavy atom. The molecule has 0 unspecified atom stereocenters. The van der Waals surface area contributed by atoms with Crippen molar-refractivity contribution in [2.45, 2.75) is 47.5 Å². The summed E-state index contributed by atoms with van der Waals surface area (Å²) in [6.45, 7) is 12.0. The zero-order valence-corrected chi connectivity index (χ0v) is 12.2. The summed E-state index contributed by atoms with van der Waals surface area (Å²) in [5.41, 5.74) is 3.42. The highest BCUT2D eigenvalue weighted by molar-refractivity contribution is 6.04. The van der Waals surface area contributed by atoms with E-state index in [0.717, 1.165) is 11.3 Å². The maximum absolute atomic E-state index is 11.6. The number of hydrogen-bond donors (Lipinski definition) is 0. The summed E-state index contributed by atoms with van der Waals surface area (Å²) >= 11 is 0. The second-order valence-corrected chi connectivity index (χ2v) is 3.68.